The minimum absolute atomic E-state index is 0.0450. The van der Waals surface area contributed by atoms with Crippen LogP contribution in [0.15, 0.2) is 93.7 Å². The summed E-state index contributed by atoms with van der Waals surface area (Å²) in [4.78, 5) is 36.6. The van der Waals surface area contributed by atoms with Crippen molar-refractivity contribution in [2.24, 2.45) is 15.1 Å². The van der Waals surface area contributed by atoms with Crippen LogP contribution in [-0.2, 0) is 26.0 Å². The number of amides is 2. The number of nitrogens with two attached hydrogens (primary N) is 1. The summed E-state index contributed by atoms with van der Waals surface area (Å²) in [7, 11) is -3.74. The highest BCUT2D eigenvalue weighted by molar-refractivity contribution is 8.14. The first-order chi connectivity index (χ1) is 17.8. The van der Waals surface area contributed by atoms with Crippen molar-refractivity contribution in [3.8, 4) is 0 Å². The number of nitrogens with zero attached hydrogens (tertiary/aromatic N) is 3. The third-order valence-corrected chi connectivity index (χ3v) is 7.82. The highest BCUT2D eigenvalue weighted by Crippen LogP contribution is 2.39. The van der Waals surface area contributed by atoms with Crippen molar-refractivity contribution in [3.05, 3.63) is 95.6 Å². The second-order valence-corrected chi connectivity index (χ2v) is 10.9. The number of para-hydroxylation sites is 1. The normalized spacial score (nSPS) is 16.5. The molecule has 0 radical (unpaired) electrons. The second-order valence-electron chi connectivity index (χ2n) is 8.45. The summed E-state index contributed by atoms with van der Waals surface area (Å²) in [5.74, 6) is 0.178. The fourth-order valence-electron chi connectivity index (χ4n) is 4.16. The molecule has 9 nitrogen and oxygen atoms in total. The number of aliphatic imine (C=N–C) groups is 2. The summed E-state index contributed by atoms with van der Waals surface area (Å²) in [6.45, 7) is 0.380. The van der Waals surface area contributed by atoms with E-state index in [1.807, 2.05) is 59.5 Å². The molecule has 37 heavy (non-hydrogen) atoms. The summed E-state index contributed by atoms with van der Waals surface area (Å²) >= 11 is 1.25. The van der Waals surface area contributed by atoms with Gasteiger partial charge in [0.15, 0.2) is 5.17 Å². The highest BCUT2D eigenvalue weighted by atomic mass is 32.2. The first-order valence-electron chi connectivity index (χ1n) is 11.5. The van der Waals surface area contributed by atoms with Crippen LogP contribution in [0.5, 0.6) is 0 Å². The van der Waals surface area contributed by atoms with E-state index in [0.29, 0.717) is 29.7 Å². The number of sulfonamides is 1. The van der Waals surface area contributed by atoms with E-state index in [4.69, 9.17) is 10.1 Å². The van der Waals surface area contributed by atoms with Crippen LogP contribution in [0.1, 0.15) is 22.7 Å². The molecule has 5 rings (SSSR count). The largest absolute Gasteiger partial charge is 0.355 e. The molecule has 0 saturated carbocycles. The number of carbonyl (C=O) groups excluding carboxylic acids is 2. The molecule has 1 unspecified atom stereocenters. The van der Waals surface area contributed by atoms with Crippen LogP contribution in [0.3, 0.4) is 0 Å². The number of hydrogen-bond donors (Lipinski definition) is 2. The van der Waals surface area contributed by atoms with Gasteiger partial charge in [-0.15, -0.1) is 0 Å². The predicted octanol–water partition coefficient (Wildman–Crippen LogP) is 2.76. The number of thioether (sulfide) groups is 1. The number of rotatable bonds is 7. The molecule has 0 spiro atoms. The average molecular weight is 534 g/mol. The van der Waals surface area contributed by atoms with Crippen LogP contribution in [0, 0.1) is 0 Å². The maximum Gasteiger partial charge on any atom is 0.275 e. The Hall–Kier alpha value is -3.80. The Morgan fingerprint density at radius 2 is 1.68 bits per heavy atom. The summed E-state index contributed by atoms with van der Waals surface area (Å²) < 4.78 is 22.8. The van der Waals surface area contributed by atoms with Gasteiger partial charge in [0.25, 0.3) is 5.91 Å². The molecule has 188 valence electrons. The van der Waals surface area contributed by atoms with Crippen molar-refractivity contribution in [1.29, 1.82) is 0 Å². The lowest BCUT2D eigenvalue weighted by Gasteiger charge is -2.31. The van der Waals surface area contributed by atoms with E-state index in [9.17, 15) is 18.0 Å². The van der Waals surface area contributed by atoms with E-state index in [1.54, 1.807) is 12.1 Å². The average Bonchev–Trinajstić information content (AvgIpc) is 3.25. The Labute approximate surface area is 218 Å². The fraction of sp³-hybridized carbons (Fsp3) is 0.154. The molecule has 0 aliphatic carbocycles. The first kappa shape index (κ1) is 24.9. The molecule has 0 aromatic heterocycles. The number of benzene rings is 3. The van der Waals surface area contributed by atoms with Crippen LogP contribution in [0.2, 0.25) is 0 Å². The van der Waals surface area contributed by atoms with Crippen LogP contribution in [0.4, 0.5) is 5.69 Å². The van der Waals surface area contributed by atoms with Crippen molar-refractivity contribution in [2.45, 2.75) is 17.4 Å². The lowest BCUT2D eigenvalue weighted by Crippen LogP contribution is -2.39. The van der Waals surface area contributed by atoms with Gasteiger partial charge in [-0.2, -0.15) is 4.99 Å². The van der Waals surface area contributed by atoms with Gasteiger partial charge in [0.1, 0.15) is 11.9 Å². The van der Waals surface area contributed by atoms with Gasteiger partial charge in [-0.1, -0.05) is 66.4 Å². The Morgan fingerprint density at radius 3 is 2.41 bits per heavy atom. The van der Waals surface area contributed by atoms with E-state index < -0.39 is 16.1 Å². The van der Waals surface area contributed by atoms with Crippen molar-refractivity contribution >= 4 is 50.3 Å². The topological polar surface area (TPSA) is 134 Å². The van der Waals surface area contributed by atoms with Crippen molar-refractivity contribution in [3.63, 3.8) is 0 Å². The zero-order valence-electron chi connectivity index (χ0n) is 19.6. The summed E-state index contributed by atoms with van der Waals surface area (Å²) in [6, 6.07) is 22.5. The van der Waals surface area contributed by atoms with Gasteiger partial charge >= 0.3 is 0 Å². The molecular weight excluding hydrogens is 510 g/mol. The molecule has 2 aliphatic heterocycles. The monoisotopic (exact) mass is 533 g/mol. The molecule has 3 N–H and O–H groups in total. The Balaban J connectivity index is 1.26. The quantitative estimate of drug-likeness (QED) is 0.480. The molecule has 2 amide bonds. The Kier molecular flexibility index (Phi) is 6.92. The molecule has 2 aliphatic rings. The van der Waals surface area contributed by atoms with E-state index in [0.717, 1.165) is 16.7 Å². The first-order valence-corrected chi connectivity index (χ1v) is 14.0. The molecule has 3 aromatic carbocycles. The van der Waals surface area contributed by atoms with Crippen molar-refractivity contribution in [1.82, 2.24) is 10.2 Å². The van der Waals surface area contributed by atoms with Gasteiger partial charge in [0, 0.05) is 12.1 Å². The molecule has 11 heteroatoms. The number of nitrogens with one attached hydrogen (secondary N) is 1. The summed E-state index contributed by atoms with van der Waals surface area (Å²) in [5.41, 5.74) is 3.15. The lowest BCUT2D eigenvalue weighted by molar-refractivity contribution is -0.120. The molecule has 0 fully saturated rings. The maximum atomic E-state index is 13.0. The summed E-state index contributed by atoms with van der Waals surface area (Å²) in [5, 5.41) is 8.53. The molecule has 0 saturated heterocycles. The second kappa shape index (κ2) is 10.3. The number of carbonyl (C=O) groups is 2. The molecule has 1 atom stereocenters. The number of primary sulfonamides is 1. The van der Waals surface area contributed by atoms with Crippen molar-refractivity contribution < 1.29 is 18.0 Å². The van der Waals surface area contributed by atoms with Gasteiger partial charge in [0.2, 0.25) is 15.9 Å². The van der Waals surface area contributed by atoms with Gasteiger partial charge in [-0.05, 0) is 41.8 Å². The zero-order valence-corrected chi connectivity index (χ0v) is 21.2. The third kappa shape index (κ3) is 5.33. The number of fused-ring (bicyclic) bond motifs is 3. The Bertz CT molecular complexity index is 1520. The lowest BCUT2D eigenvalue weighted by atomic mass is 10.0. The smallest absolute Gasteiger partial charge is 0.275 e. The third-order valence-electron chi connectivity index (χ3n) is 5.94. The SMILES string of the molecule is NS(=O)(=O)c1ccc(CCNC(=O)CSC2=Nc3ccccc3C3=NC(=O)C(c4ccccc4)N23)cc1. The molecule has 3 aromatic rings. The molecule has 2 heterocycles. The minimum Gasteiger partial charge on any atom is -0.355 e. The number of hydrogen-bond acceptors (Lipinski definition) is 7. The van der Waals surface area contributed by atoms with E-state index in [-0.39, 0.29) is 22.5 Å². The zero-order chi connectivity index (χ0) is 26.0. The highest BCUT2D eigenvalue weighted by Gasteiger charge is 2.42. The van der Waals surface area contributed by atoms with E-state index >= 15 is 0 Å². The fourth-order valence-corrected chi connectivity index (χ4v) is 5.53. The van der Waals surface area contributed by atoms with Crippen LogP contribution < -0.4 is 10.5 Å². The van der Waals surface area contributed by atoms with Gasteiger partial charge in [-0.3, -0.25) is 14.5 Å². The minimum atomic E-state index is -3.74. The predicted molar refractivity (Wildman–Crippen MR) is 143 cm³/mol. The van der Waals surface area contributed by atoms with E-state index in [1.165, 1.54) is 23.9 Å². The van der Waals surface area contributed by atoms with Crippen LogP contribution in [0.25, 0.3) is 0 Å². The van der Waals surface area contributed by atoms with Crippen molar-refractivity contribution in [2.75, 3.05) is 12.3 Å². The van der Waals surface area contributed by atoms with Gasteiger partial charge < -0.3 is 5.32 Å². The number of amidine groups is 2. The standard InChI is InChI=1S/C26H23N5O4S2/c27-37(34,35)19-12-10-17(11-13-19)14-15-28-22(32)16-36-26-29-21-9-5-4-8-20(21)24-30-25(33)23(31(24)26)18-6-2-1-3-7-18/h1-13,23H,14-16H2,(H,28,32)(H2,27,34,35). The summed E-state index contributed by atoms with van der Waals surface area (Å²) in [6.07, 6.45) is 0.531. The van der Waals surface area contributed by atoms with Crippen LogP contribution in [-0.4, -0.2) is 48.4 Å². The molecular formula is C26H23N5O4S2. The van der Waals surface area contributed by atoms with Gasteiger partial charge in [-0.25, -0.2) is 18.5 Å². The Morgan fingerprint density at radius 1 is 0.973 bits per heavy atom. The van der Waals surface area contributed by atoms with E-state index in [2.05, 4.69) is 10.3 Å². The maximum absolute atomic E-state index is 13.0. The van der Waals surface area contributed by atoms with Gasteiger partial charge in [0.05, 0.1) is 16.3 Å². The molecule has 0 bridgehead atoms. The van der Waals surface area contributed by atoms with Crippen LogP contribution >= 0.6 is 11.8 Å².